The standard InChI is InChI=1S/C29H32NSi/c1-22-20-24(23-10-6-4-7-11-23)12-14-27(22)29-28-15-13-26(21-25(28)16-17-30(29)2)31(3)18-8-5-9-19-31/h4,6-7,10-17,20-21H,5,8-9,18-19H2,1-3H3/q+1. The van der Waals surface area contributed by atoms with Gasteiger partial charge in [-0.25, -0.2) is 4.57 Å². The fourth-order valence-electron chi connectivity index (χ4n) is 5.44. The molecule has 2 heteroatoms. The number of hydrogen-bond donors (Lipinski definition) is 0. The monoisotopic (exact) mass is 422 g/mol. The van der Waals surface area contributed by atoms with Gasteiger partial charge in [0.25, 0.3) is 0 Å². The summed E-state index contributed by atoms with van der Waals surface area (Å²) in [6, 6.07) is 30.1. The maximum absolute atomic E-state index is 2.60. The zero-order valence-corrected chi connectivity index (χ0v) is 20.0. The van der Waals surface area contributed by atoms with Crippen LogP contribution >= 0.6 is 0 Å². The van der Waals surface area contributed by atoms with Gasteiger partial charge in [0.2, 0.25) is 5.69 Å². The fourth-order valence-corrected chi connectivity index (χ4v) is 9.32. The van der Waals surface area contributed by atoms with Crippen molar-refractivity contribution in [1.29, 1.82) is 0 Å². The molecule has 0 radical (unpaired) electrons. The lowest BCUT2D eigenvalue weighted by Gasteiger charge is -2.32. The lowest BCUT2D eigenvalue weighted by atomic mass is 9.95. The first-order valence-electron chi connectivity index (χ1n) is 11.6. The third-order valence-corrected chi connectivity index (χ3v) is 12.0. The van der Waals surface area contributed by atoms with Crippen LogP contribution in [0.4, 0.5) is 0 Å². The van der Waals surface area contributed by atoms with Gasteiger partial charge in [0.15, 0.2) is 6.20 Å². The molecule has 0 saturated carbocycles. The highest BCUT2D eigenvalue weighted by atomic mass is 28.3. The average Bonchev–Trinajstić information content (AvgIpc) is 2.80. The number of aromatic nitrogens is 1. The lowest BCUT2D eigenvalue weighted by Crippen LogP contribution is -2.45. The molecule has 1 aliphatic rings. The van der Waals surface area contributed by atoms with Gasteiger partial charge in [0.1, 0.15) is 7.05 Å². The predicted octanol–water partition coefficient (Wildman–Crippen LogP) is 6.78. The Hall–Kier alpha value is -2.71. The molecule has 0 atom stereocenters. The van der Waals surface area contributed by atoms with Gasteiger partial charge in [-0.15, -0.1) is 0 Å². The smallest absolute Gasteiger partial charge is 0.200 e. The van der Waals surface area contributed by atoms with E-state index in [-0.39, 0.29) is 0 Å². The average molecular weight is 423 g/mol. The molecular weight excluding hydrogens is 390 g/mol. The highest BCUT2D eigenvalue weighted by molar-refractivity contribution is 6.91. The van der Waals surface area contributed by atoms with E-state index in [0.29, 0.717) is 0 Å². The quantitative estimate of drug-likeness (QED) is 0.253. The molecule has 0 N–H and O–H groups in total. The van der Waals surface area contributed by atoms with E-state index in [1.54, 1.807) is 5.19 Å². The van der Waals surface area contributed by atoms with Crippen LogP contribution in [-0.4, -0.2) is 8.07 Å². The number of fused-ring (bicyclic) bond motifs is 1. The van der Waals surface area contributed by atoms with Gasteiger partial charge in [-0.3, -0.25) is 0 Å². The zero-order chi connectivity index (χ0) is 21.4. The largest absolute Gasteiger partial charge is 0.220 e. The van der Waals surface area contributed by atoms with Gasteiger partial charge in [0.05, 0.1) is 13.5 Å². The van der Waals surface area contributed by atoms with Crippen molar-refractivity contribution < 1.29 is 4.57 Å². The fraction of sp³-hybridized carbons (Fsp3) is 0.276. The van der Waals surface area contributed by atoms with E-state index in [2.05, 4.69) is 104 Å². The summed E-state index contributed by atoms with van der Waals surface area (Å²) in [5.74, 6) is 0. The molecule has 31 heavy (non-hydrogen) atoms. The topological polar surface area (TPSA) is 3.88 Å². The van der Waals surface area contributed by atoms with Crippen molar-refractivity contribution in [2.45, 2.75) is 44.8 Å². The summed E-state index contributed by atoms with van der Waals surface area (Å²) in [5, 5.41) is 4.39. The molecule has 1 nitrogen and oxygen atoms in total. The van der Waals surface area contributed by atoms with Gasteiger partial charge in [0, 0.05) is 11.6 Å². The van der Waals surface area contributed by atoms with Crippen molar-refractivity contribution in [3.05, 3.63) is 84.6 Å². The van der Waals surface area contributed by atoms with Crippen molar-refractivity contribution in [2.75, 3.05) is 0 Å². The number of aryl methyl sites for hydroxylation is 2. The van der Waals surface area contributed by atoms with E-state index in [4.69, 9.17) is 0 Å². The molecule has 1 aliphatic heterocycles. The molecule has 1 saturated heterocycles. The summed E-state index contributed by atoms with van der Waals surface area (Å²) in [4.78, 5) is 0. The van der Waals surface area contributed by atoms with Crippen molar-refractivity contribution >= 4 is 24.0 Å². The van der Waals surface area contributed by atoms with E-state index in [9.17, 15) is 0 Å². The van der Waals surface area contributed by atoms with E-state index < -0.39 is 8.07 Å². The van der Waals surface area contributed by atoms with Crippen LogP contribution < -0.4 is 9.75 Å². The SMILES string of the molecule is Cc1cc(-c2ccccc2)ccc1-c1c2ccc([Si]3(C)CCCCC3)cc2cc[n+]1C. The normalized spacial score (nSPS) is 15.8. The molecule has 1 fully saturated rings. The summed E-state index contributed by atoms with van der Waals surface area (Å²) < 4.78 is 2.28. The van der Waals surface area contributed by atoms with Crippen molar-refractivity contribution in [3.8, 4) is 22.4 Å². The number of hydrogen-bond acceptors (Lipinski definition) is 0. The van der Waals surface area contributed by atoms with Crippen LogP contribution in [0.15, 0.2) is 79.0 Å². The minimum atomic E-state index is -1.30. The van der Waals surface area contributed by atoms with E-state index >= 15 is 0 Å². The van der Waals surface area contributed by atoms with Gasteiger partial charge in [-0.2, -0.15) is 0 Å². The molecule has 1 aromatic heterocycles. The maximum Gasteiger partial charge on any atom is 0.220 e. The van der Waals surface area contributed by atoms with Crippen LogP contribution in [0.2, 0.25) is 18.6 Å². The summed E-state index contributed by atoms with van der Waals surface area (Å²) in [5.41, 5.74) is 6.51. The highest BCUT2D eigenvalue weighted by Crippen LogP contribution is 2.33. The van der Waals surface area contributed by atoms with Crippen LogP contribution in [0.25, 0.3) is 33.2 Å². The molecule has 0 aliphatic carbocycles. The Balaban J connectivity index is 1.60. The van der Waals surface area contributed by atoms with Gasteiger partial charge >= 0.3 is 0 Å². The Morgan fingerprint density at radius 2 is 1.55 bits per heavy atom. The zero-order valence-electron chi connectivity index (χ0n) is 19.0. The summed E-state index contributed by atoms with van der Waals surface area (Å²) >= 11 is 0. The summed E-state index contributed by atoms with van der Waals surface area (Å²) in [6.45, 7) is 4.84. The molecule has 2 heterocycles. The van der Waals surface area contributed by atoms with E-state index in [1.807, 2.05) is 0 Å². The highest BCUT2D eigenvalue weighted by Gasteiger charge is 2.31. The Morgan fingerprint density at radius 3 is 2.29 bits per heavy atom. The molecule has 4 aromatic rings. The van der Waals surface area contributed by atoms with Crippen LogP contribution in [-0.2, 0) is 7.05 Å². The second kappa shape index (κ2) is 8.09. The predicted molar refractivity (Wildman–Crippen MR) is 135 cm³/mol. The van der Waals surface area contributed by atoms with Crippen LogP contribution in [0.1, 0.15) is 24.8 Å². The molecule has 0 unspecified atom stereocenters. The third-order valence-electron chi connectivity index (χ3n) is 7.38. The van der Waals surface area contributed by atoms with E-state index in [0.717, 1.165) is 0 Å². The van der Waals surface area contributed by atoms with E-state index in [1.165, 1.54) is 70.1 Å². The van der Waals surface area contributed by atoms with Crippen LogP contribution in [0.3, 0.4) is 0 Å². The second-order valence-electron chi connectivity index (χ2n) is 9.59. The molecular formula is C29H32NSi+. The molecule has 156 valence electrons. The summed E-state index contributed by atoms with van der Waals surface area (Å²) in [6.07, 6.45) is 6.50. The third kappa shape index (κ3) is 3.74. The first kappa shape index (κ1) is 20.2. The van der Waals surface area contributed by atoms with Gasteiger partial charge in [-0.1, -0.05) is 97.7 Å². The molecule has 0 bridgehead atoms. The number of rotatable bonds is 3. The Kier molecular flexibility index (Phi) is 5.27. The minimum Gasteiger partial charge on any atom is -0.200 e. The second-order valence-corrected chi connectivity index (χ2v) is 14.3. The number of benzene rings is 3. The molecule has 0 spiro atoms. The first-order chi connectivity index (χ1) is 15.0. The van der Waals surface area contributed by atoms with Crippen LogP contribution in [0.5, 0.6) is 0 Å². The van der Waals surface area contributed by atoms with Gasteiger partial charge < -0.3 is 0 Å². The molecule has 3 aromatic carbocycles. The molecule has 5 rings (SSSR count). The Bertz CT molecular complexity index is 1240. The summed E-state index contributed by atoms with van der Waals surface area (Å²) in [7, 11) is 0.868. The number of pyridine rings is 1. The van der Waals surface area contributed by atoms with Gasteiger partial charge in [-0.05, 0) is 41.1 Å². The van der Waals surface area contributed by atoms with Crippen molar-refractivity contribution in [2.24, 2.45) is 7.05 Å². The molecule has 0 amide bonds. The lowest BCUT2D eigenvalue weighted by molar-refractivity contribution is -0.659. The Labute approximate surface area is 187 Å². The van der Waals surface area contributed by atoms with Crippen molar-refractivity contribution in [1.82, 2.24) is 0 Å². The van der Waals surface area contributed by atoms with Crippen LogP contribution in [0, 0.1) is 6.92 Å². The minimum absolute atomic E-state index is 1.27. The maximum atomic E-state index is 2.60. The first-order valence-corrected chi connectivity index (χ1v) is 14.6. The van der Waals surface area contributed by atoms with Crippen molar-refractivity contribution in [3.63, 3.8) is 0 Å². The Morgan fingerprint density at radius 1 is 0.774 bits per heavy atom. The number of nitrogens with zero attached hydrogens (tertiary/aromatic N) is 1.